The number of benzene rings is 2. The number of carbonyl (C=O) groups excluding carboxylic acids is 1. The standard InChI is InChI=1S/C20H23NO5/c1-2-20(22)26-12-10-24-8-7-23-9-11-25-19-6-5-17-13-16(15-21)3-4-18(17)14-19/h3-6,13-14H,2,7-12H2,1H3. The Morgan fingerprint density at radius 1 is 0.923 bits per heavy atom. The van der Waals surface area contributed by atoms with E-state index < -0.39 is 0 Å². The van der Waals surface area contributed by atoms with Crippen LogP contribution in [0.2, 0.25) is 0 Å². The Balaban J connectivity index is 1.57. The van der Waals surface area contributed by atoms with Crippen LogP contribution in [0.25, 0.3) is 10.8 Å². The zero-order valence-electron chi connectivity index (χ0n) is 14.9. The largest absolute Gasteiger partial charge is 0.491 e. The van der Waals surface area contributed by atoms with E-state index in [2.05, 4.69) is 6.07 Å². The van der Waals surface area contributed by atoms with Gasteiger partial charge in [-0.05, 0) is 35.0 Å². The Bertz CT molecular complexity index is 753. The molecular formula is C20H23NO5. The average molecular weight is 357 g/mol. The van der Waals surface area contributed by atoms with Crippen molar-refractivity contribution in [1.82, 2.24) is 0 Å². The Morgan fingerprint density at radius 2 is 1.58 bits per heavy atom. The van der Waals surface area contributed by atoms with Gasteiger partial charge in [-0.25, -0.2) is 0 Å². The Labute approximate surface area is 153 Å². The van der Waals surface area contributed by atoms with E-state index in [9.17, 15) is 4.79 Å². The van der Waals surface area contributed by atoms with Gasteiger partial charge in [0.2, 0.25) is 0 Å². The maximum Gasteiger partial charge on any atom is 0.305 e. The first-order valence-electron chi connectivity index (χ1n) is 8.60. The van der Waals surface area contributed by atoms with Crippen LogP contribution < -0.4 is 4.74 Å². The van der Waals surface area contributed by atoms with Gasteiger partial charge in [0.15, 0.2) is 0 Å². The third kappa shape index (κ3) is 6.71. The number of hydrogen-bond acceptors (Lipinski definition) is 6. The Hall–Kier alpha value is -2.62. The number of carbonyl (C=O) groups is 1. The molecule has 0 unspecified atom stereocenters. The molecule has 6 nitrogen and oxygen atoms in total. The van der Waals surface area contributed by atoms with Gasteiger partial charge < -0.3 is 18.9 Å². The van der Waals surface area contributed by atoms with Gasteiger partial charge in [-0.2, -0.15) is 5.26 Å². The van der Waals surface area contributed by atoms with Crippen molar-refractivity contribution in [1.29, 1.82) is 5.26 Å². The minimum atomic E-state index is -0.221. The molecule has 0 heterocycles. The molecular weight excluding hydrogens is 334 g/mol. The fourth-order valence-corrected chi connectivity index (χ4v) is 2.24. The summed E-state index contributed by atoms with van der Waals surface area (Å²) in [5, 5.41) is 11.0. The average Bonchev–Trinajstić information content (AvgIpc) is 2.68. The summed E-state index contributed by atoms with van der Waals surface area (Å²) in [6.45, 7) is 4.20. The number of fused-ring (bicyclic) bond motifs is 1. The van der Waals surface area contributed by atoms with Crippen molar-refractivity contribution in [3.05, 3.63) is 42.0 Å². The fourth-order valence-electron chi connectivity index (χ4n) is 2.24. The number of esters is 1. The van der Waals surface area contributed by atoms with Gasteiger partial charge in [-0.15, -0.1) is 0 Å². The van der Waals surface area contributed by atoms with Crippen LogP contribution in [0.4, 0.5) is 0 Å². The van der Waals surface area contributed by atoms with E-state index in [1.54, 1.807) is 13.0 Å². The van der Waals surface area contributed by atoms with Crippen LogP contribution in [-0.2, 0) is 19.0 Å². The molecule has 26 heavy (non-hydrogen) atoms. The molecule has 0 spiro atoms. The van der Waals surface area contributed by atoms with E-state index in [4.69, 9.17) is 24.2 Å². The number of hydrogen-bond donors (Lipinski definition) is 0. The van der Waals surface area contributed by atoms with Gasteiger partial charge in [-0.3, -0.25) is 4.79 Å². The summed E-state index contributed by atoms with van der Waals surface area (Å²) in [5.41, 5.74) is 0.644. The van der Waals surface area contributed by atoms with E-state index in [0.29, 0.717) is 45.0 Å². The third-order valence-corrected chi connectivity index (χ3v) is 3.59. The third-order valence-electron chi connectivity index (χ3n) is 3.59. The first kappa shape index (κ1) is 19.7. The highest BCUT2D eigenvalue weighted by Crippen LogP contribution is 2.21. The Morgan fingerprint density at radius 3 is 2.31 bits per heavy atom. The van der Waals surface area contributed by atoms with E-state index in [0.717, 1.165) is 16.5 Å². The maximum absolute atomic E-state index is 10.9. The summed E-state index contributed by atoms with van der Waals surface area (Å²) in [5.74, 6) is 0.543. The van der Waals surface area contributed by atoms with Crippen LogP contribution in [0, 0.1) is 11.3 Å². The van der Waals surface area contributed by atoms with Crippen molar-refractivity contribution in [3.63, 3.8) is 0 Å². The SMILES string of the molecule is CCC(=O)OCCOCCOCCOc1ccc2cc(C#N)ccc2c1. The van der Waals surface area contributed by atoms with Crippen molar-refractivity contribution < 1.29 is 23.7 Å². The van der Waals surface area contributed by atoms with Gasteiger partial charge >= 0.3 is 5.97 Å². The lowest BCUT2D eigenvalue weighted by Crippen LogP contribution is -2.14. The van der Waals surface area contributed by atoms with Gasteiger partial charge in [0.25, 0.3) is 0 Å². The van der Waals surface area contributed by atoms with Crippen molar-refractivity contribution in [2.75, 3.05) is 39.6 Å². The predicted octanol–water partition coefficient (Wildman–Crippen LogP) is 3.08. The fraction of sp³-hybridized carbons (Fsp3) is 0.400. The molecule has 0 fully saturated rings. The molecule has 0 aliphatic carbocycles. The summed E-state index contributed by atoms with van der Waals surface area (Å²) < 4.78 is 21.3. The molecule has 0 N–H and O–H groups in total. The second-order valence-corrected chi connectivity index (χ2v) is 5.48. The molecule has 2 aromatic carbocycles. The molecule has 0 aliphatic rings. The minimum absolute atomic E-state index is 0.221. The predicted molar refractivity (Wildman–Crippen MR) is 97.0 cm³/mol. The van der Waals surface area contributed by atoms with Crippen molar-refractivity contribution >= 4 is 16.7 Å². The lowest BCUT2D eigenvalue weighted by atomic mass is 10.1. The van der Waals surface area contributed by atoms with E-state index >= 15 is 0 Å². The van der Waals surface area contributed by atoms with E-state index in [-0.39, 0.29) is 12.6 Å². The maximum atomic E-state index is 10.9. The summed E-state index contributed by atoms with van der Waals surface area (Å²) in [6, 6.07) is 13.4. The lowest BCUT2D eigenvalue weighted by Gasteiger charge is -2.09. The van der Waals surface area contributed by atoms with Gasteiger partial charge in [0, 0.05) is 6.42 Å². The van der Waals surface area contributed by atoms with Crippen molar-refractivity contribution in [3.8, 4) is 11.8 Å². The molecule has 0 saturated carbocycles. The van der Waals surface area contributed by atoms with Crippen LogP contribution in [0.5, 0.6) is 5.75 Å². The second-order valence-electron chi connectivity index (χ2n) is 5.48. The van der Waals surface area contributed by atoms with Crippen molar-refractivity contribution in [2.24, 2.45) is 0 Å². The van der Waals surface area contributed by atoms with Crippen LogP contribution >= 0.6 is 0 Å². The summed E-state index contributed by atoms with van der Waals surface area (Å²) in [7, 11) is 0. The molecule has 0 aromatic heterocycles. The molecule has 0 amide bonds. The number of nitrogens with zero attached hydrogens (tertiary/aromatic N) is 1. The summed E-state index contributed by atoms with van der Waals surface area (Å²) >= 11 is 0. The van der Waals surface area contributed by atoms with Crippen molar-refractivity contribution in [2.45, 2.75) is 13.3 Å². The molecule has 138 valence electrons. The Kier molecular flexibility index (Phi) is 8.40. The monoisotopic (exact) mass is 357 g/mol. The molecule has 2 aromatic rings. The smallest absolute Gasteiger partial charge is 0.305 e. The van der Waals surface area contributed by atoms with Gasteiger partial charge in [0.1, 0.15) is 19.0 Å². The quantitative estimate of drug-likeness (QED) is 0.454. The molecule has 0 aliphatic heterocycles. The highest BCUT2D eigenvalue weighted by molar-refractivity contribution is 5.85. The van der Waals surface area contributed by atoms with E-state index in [1.165, 1.54) is 0 Å². The normalized spacial score (nSPS) is 10.5. The van der Waals surface area contributed by atoms with Crippen LogP contribution in [0.15, 0.2) is 36.4 Å². The number of ether oxygens (including phenoxy) is 4. The van der Waals surface area contributed by atoms with Crippen LogP contribution in [-0.4, -0.2) is 45.6 Å². The summed E-state index contributed by atoms with van der Waals surface area (Å²) in [4.78, 5) is 10.9. The minimum Gasteiger partial charge on any atom is -0.491 e. The lowest BCUT2D eigenvalue weighted by molar-refractivity contribution is -0.144. The molecule has 2 rings (SSSR count). The zero-order valence-corrected chi connectivity index (χ0v) is 14.9. The first-order chi connectivity index (χ1) is 12.7. The molecule has 0 saturated heterocycles. The van der Waals surface area contributed by atoms with Crippen LogP contribution in [0.1, 0.15) is 18.9 Å². The van der Waals surface area contributed by atoms with Gasteiger partial charge in [-0.1, -0.05) is 19.1 Å². The topological polar surface area (TPSA) is 77.8 Å². The molecule has 6 heteroatoms. The first-order valence-corrected chi connectivity index (χ1v) is 8.60. The highest BCUT2D eigenvalue weighted by atomic mass is 16.6. The second kappa shape index (κ2) is 11.1. The number of nitriles is 1. The zero-order chi connectivity index (χ0) is 18.6. The molecule has 0 radical (unpaired) electrons. The van der Waals surface area contributed by atoms with E-state index in [1.807, 2.05) is 30.3 Å². The highest BCUT2D eigenvalue weighted by Gasteiger charge is 2.00. The number of rotatable bonds is 11. The summed E-state index contributed by atoms with van der Waals surface area (Å²) in [6.07, 6.45) is 0.376. The van der Waals surface area contributed by atoms with Gasteiger partial charge in [0.05, 0.1) is 38.1 Å². The molecule has 0 bridgehead atoms. The molecule has 0 atom stereocenters. The van der Waals surface area contributed by atoms with Crippen LogP contribution in [0.3, 0.4) is 0 Å².